The van der Waals surface area contributed by atoms with Gasteiger partial charge < -0.3 is 15.3 Å². The lowest BCUT2D eigenvalue weighted by atomic mass is 10.0. The van der Waals surface area contributed by atoms with E-state index in [-0.39, 0.29) is 18.2 Å². The fraction of sp³-hybridized carbons (Fsp3) is 0.550. The molecule has 7 heteroatoms. The smallest absolute Gasteiger partial charge is 0.317 e. The second-order valence-electron chi connectivity index (χ2n) is 6.96. The van der Waals surface area contributed by atoms with Gasteiger partial charge in [0.05, 0.1) is 6.54 Å². The number of Topliss-reactive ketones (excluding diaryl/α,β-unsaturated/α-hetero) is 1. The summed E-state index contributed by atoms with van der Waals surface area (Å²) in [5.74, 6) is -0.831. The number of carboxylic acids is 1. The lowest BCUT2D eigenvalue weighted by molar-refractivity contribution is -0.139. The Balaban J connectivity index is 1.72. The van der Waals surface area contributed by atoms with Crippen LogP contribution in [0.5, 0.6) is 0 Å². The number of rotatable bonds is 9. The molecule has 1 heterocycles. The molecule has 27 heavy (non-hydrogen) atoms. The van der Waals surface area contributed by atoms with Crippen LogP contribution in [0.1, 0.15) is 43.5 Å². The molecule has 0 spiro atoms. The van der Waals surface area contributed by atoms with E-state index in [4.69, 9.17) is 5.11 Å². The zero-order chi connectivity index (χ0) is 19.8. The van der Waals surface area contributed by atoms with Gasteiger partial charge in [0.2, 0.25) is 5.91 Å². The van der Waals surface area contributed by atoms with Gasteiger partial charge in [0.1, 0.15) is 0 Å². The van der Waals surface area contributed by atoms with E-state index in [0.29, 0.717) is 30.3 Å². The minimum absolute atomic E-state index is 0.00118. The third-order valence-corrected chi connectivity index (χ3v) is 5.05. The molecule has 0 saturated carbocycles. The van der Waals surface area contributed by atoms with Gasteiger partial charge in [0.25, 0.3) is 0 Å². The van der Waals surface area contributed by atoms with Crippen molar-refractivity contribution >= 4 is 23.3 Å². The molecule has 1 aliphatic rings. The van der Waals surface area contributed by atoms with Crippen LogP contribution in [0.2, 0.25) is 0 Å². The lowest BCUT2D eigenvalue weighted by Crippen LogP contribution is -2.47. The molecule has 1 saturated heterocycles. The van der Waals surface area contributed by atoms with Gasteiger partial charge in [-0.15, -0.1) is 0 Å². The van der Waals surface area contributed by atoms with E-state index in [2.05, 4.69) is 10.2 Å². The van der Waals surface area contributed by atoms with Gasteiger partial charge in [-0.25, -0.2) is 0 Å². The molecule has 1 aromatic rings. The molecule has 0 atom stereocenters. The second kappa shape index (κ2) is 10.2. The van der Waals surface area contributed by atoms with Gasteiger partial charge >= 0.3 is 5.97 Å². The van der Waals surface area contributed by atoms with Gasteiger partial charge in [-0.1, -0.05) is 6.92 Å². The number of hydrogen-bond donors (Lipinski definition) is 2. The SMILES string of the molecule is CCN(CC(=O)O)C1CCN(CCC(=O)Nc2ccc(C(C)=O)cc2)CC1. The number of ketones is 1. The second-order valence-corrected chi connectivity index (χ2v) is 6.96. The van der Waals surface area contributed by atoms with Crippen LogP contribution in [0.15, 0.2) is 24.3 Å². The van der Waals surface area contributed by atoms with Gasteiger partial charge in [-0.2, -0.15) is 0 Å². The normalized spacial score (nSPS) is 15.7. The van der Waals surface area contributed by atoms with E-state index < -0.39 is 5.97 Å². The third kappa shape index (κ3) is 6.77. The van der Waals surface area contributed by atoms with E-state index in [9.17, 15) is 14.4 Å². The van der Waals surface area contributed by atoms with Crippen molar-refractivity contribution in [3.8, 4) is 0 Å². The Morgan fingerprint density at radius 2 is 1.81 bits per heavy atom. The van der Waals surface area contributed by atoms with E-state index in [1.54, 1.807) is 24.3 Å². The van der Waals surface area contributed by atoms with Crippen LogP contribution in [0.25, 0.3) is 0 Å². The Kier molecular flexibility index (Phi) is 7.94. The predicted octanol–water partition coefficient (Wildman–Crippen LogP) is 2.09. The molecule has 0 unspecified atom stereocenters. The topological polar surface area (TPSA) is 90.0 Å². The number of aliphatic carboxylic acids is 1. The van der Waals surface area contributed by atoms with Crippen molar-refractivity contribution in [1.29, 1.82) is 0 Å². The molecular formula is C20H29N3O4. The number of carbonyl (C=O) groups is 3. The Hall–Kier alpha value is -2.25. The first-order valence-electron chi connectivity index (χ1n) is 9.48. The monoisotopic (exact) mass is 375 g/mol. The molecule has 1 aromatic carbocycles. The molecular weight excluding hydrogens is 346 g/mol. The Morgan fingerprint density at radius 1 is 1.19 bits per heavy atom. The van der Waals surface area contributed by atoms with E-state index in [1.807, 2.05) is 11.8 Å². The number of piperidine rings is 1. The summed E-state index contributed by atoms with van der Waals surface area (Å²) in [6.45, 7) is 6.77. The first-order valence-corrected chi connectivity index (χ1v) is 9.48. The van der Waals surface area contributed by atoms with Crippen LogP contribution >= 0.6 is 0 Å². The first-order chi connectivity index (χ1) is 12.9. The van der Waals surface area contributed by atoms with Gasteiger partial charge in [-0.3, -0.25) is 19.3 Å². The minimum atomic E-state index is -0.785. The summed E-state index contributed by atoms with van der Waals surface area (Å²) in [4.78, 5) is 38.6. The van der Waals surface area contributed by atoms with Crippen LogP contribution in [-0.2, 0) is 9.59 Å². The highest BCUT2D eigenvalue weighted by molar-refractivity contribution is 5.95. The number of nitrogens with zero attached hydrogens (tertiary/aromatic N) is 2. The molecule has 2 rings (SSSR count). The zero-order valence-electron chi connectivity index (χ0n) is 16.1. The molecule has 0 bridgehead atoms. The van der Waals surface area contributed by atoms with Crippen LogP contribution < -0.4 is 5.32 Å². The summed E-state index contributed by atoms with van der Waals surface area (Å²) >= 11 is 0. The number of nitrogens with one attached hydrogen (secondary N) is 1. The van der Waals surface area contributed by atoms with Gasteiger partial charge in [-0.05, 0) is 63.7 Å². The molecule has 0 aliphatic carbocycles. The molecule has 148 valence electrons. The first kappa shape index (κ1) is 21.1. The van der Waals surface area contributed by atoms with Gasteiger partial charge in [0.15, 0.2) is 5.78 Å². The number of benzene rings is 1. The van der Waals surface area contributed by atoms with Crippen LogP contribution in [0.4, 0.5) is 5.69 Å². The highest BCUT2D eigenvalue weighted by Crippen LogP contribution is 2.17. The van der Waals surface area contributed by atoms with E-state index in [1.165, 1.54) is 6.92 Å². The van der Waals surface area contributed by atoms with Crippen molar-refractivity contribution in [2.24, 2.45) is 0 Å². The van der Waals surface area contributed by atoms with E-state index >= 15 is 0 Å². The summed E-state index contributed by atoms with van der Waals surface area (Å²) < 4.78 is 0. The predicted molar refractivity (Wildman–Crippen MR) is 104 cm³/mol. The third-order valence-electron chi connectivity index (χ3n) is 5.05. The number of carboxylic acid groups (broad SMARTS) is 1. The van der Waals surface area contributed by atoms with Crippen LogP contribution in [0, 0.1) is 0 Å². The average molecular weight is 375 g/mol. The molecule has 1 fully saturated rings. The Morgan fingerprint density at radius 3 is 2.33 bits per heavy atom. The van der Waals surface area contributed by atoms with Crippen LogP contribution in [-0.4, -0.2) is 71.3 Å². The van der Waals surface area contributed by atoms with Crippen LogP contribution in [0.3, 0.4) is 0 Å². The fourth-order valence-electron chi connectivity index (χ4n) is 3.45. The number of carbonyl (C=O) groups excluding carboxylic acids is 2. The Labute approximate surface area is 160 Å². The fourth-order valence-corrected chi connectivity index (χ4v) is 3.45. The lowest BCUT2D eigenvalue weighted by Gasteiger charge is -2.37. The average Bonchev–Trinajstić information content (AvgIpc) is 2.65. The number of amides is 1. The largest absolute Gasteiger partial charge is 0.480 e. The van der Waals surface area contributed by atoms with E-state index in [0.717, 1.165) is 32.5 Å². The summed E-state index contributed by atoms with van der Waals surface area (Å²) in [5.41, 5.74) is 1.32. The highest BCUT2D eigenvalue weighted by Gasteiger charge is 2.25. The molecule has 7 nitrogen and oxygen atoms in total. The molecule has 0 radical (unpaired) electrons. The summed E-state index contributed by atoms with van der Waals surface area (Å²) in [6, 6.07) is 7.19. The summed E-state index contributed by atoms with van der Waals surface area (Å²) in [6.07, 6.45) is 2.26. The molecule has 2 N–H and O–H groups in total. The maximum Gasteiger partial charge on any atom is 0.317 e. The van der Waals surface area contributed by atoms with Crippen molar-refractivity contribution in [2.75, 3.05) is 38.0 Å². The quantitative estimate of drug-likeness (QED) is 0.643. The number of hydrogen-bond acceptors (Lipinski definition) is 5. The molecule has 1 aliphatic heterocycles. The number of likely N-dealkylation sites (tertiary alicyclic amines) is 1. The highest BCUT2D eigenvalue weighted by atomic mass is 16.4. The maximum absolute atomic E-state index is 12.1. The van der Waals surface area contributed by atoms with Crippen molar-refractivity contribution in [1.82, 2.24) is 9.80 Å². The number of likely N-dealkylation sites (N-methyl/N-ethyl adjacent to an activating group) is 1. The standard InChI is InChI=1S/C20H29N3O4/c1-3-23(14-20(26)27)18-8-11-22(12-9-18)13-10-19(25)21-17-6-4-16(5-7-17)15(2)24/h4-7,18H,3,8-14H2,1-2H3,(H,21,25)(H,26,27). The van der Waals surface area contributed by atoms with Crippen molar-refractivity contribution < 1.29 is 19.5 Å². The maximum atomic E-state index is 12.1. The number of anilines is 1. The Bertz CT molecular complexity index is 652. The van der Waals surface area contributed by atoms with Crippen molar-refractivity contribution in [3.63, 3.8) is 0 Å². The zero-order valence-corrected chi connectivity index (χ0v) is 16.1. The molecule has 1 amide bonds. The molecule has 0 aromatic heterocycles. The summed E-state index contributed by atoms with van der Waals surface area (Å²) in [7, 11) is 0. The van der Waals surface area contributed by atoms with Crippen molar-refractivity contribution in [2.45, 2.75) is 39.2 Å². The van der Waals surface area contributed by atoms with Gasteiger partial charge in [0, 0.05) is 30.3 Å². The minimum Gasteiger partial charge on any atom is -0.480 e. The van der Waals surface area contributed by atoms with Crippen molar-refractivity contribution in [3.05, 3.63) is 29.8 Å². The summed E-state index contributed by atoms with van der Waals surface area (Å²) in [5, 5.41) is 11.8.